The van der Waals surface area contributed by atoms with E-state index in [9.17, 15) is 4.39 Å². The van der Waals surface area contributed by atoms with Crippen molar-refractivity contribution in [3.63, 3.8) is 0 Å². The minimum absolute atomic E-state index is 0.0757. The number of nitrogens with two attached hydrogens (primary N) is 1. The quantitative estimate of drug-likeness (QED) is 0.903. The summed E-state index contributed by atoms with van der Waals surface area (Å²) in [5.41, 5.74) is 6.66. The smallest absolute Gasteiger partial charge is 0.196 e. The molecule has 2 aromatic rings. The first kappa shape index (κ1) is 11.2. The van der Waals surface area contributed by atoms with Gasteiger partial charge in [0.05, 0.1) is 12.6 Å². The summed E-state index contributed by atoms with van der Waals surface area (Å²) in [4.78, 5) is 7.33. The van der Waals surface area contributed by atoms with Crippen molar-refractivity contribution in [3.8, 4) is 0 Å². The molecule has 18 heavy (non-hydrogen) atoms. The number of guanidine groups is 1. The van der Waals surface area contributed by atoms with Crippen molar-refractivity contribution in [2.45, 2.75) is 6.04 Å². The van der Waals surface area contributed by atoms with Gasteiger partial charge in [-0.1, -0.05) is 12.1 Å². The zero-order valence-corrected chi connectivity index (χ0v) is 10.4. The molecule has 1 aromatic carbocycles. The van der Waals surface area contributed by atoms with Crippen LogP contribution in [0.15, 0.2) is 46.8 Å². The van der Waals surface area contributed by atoms with E-state index in [1.54, 1.807) is 17.4 Å². The Balaban J connectivity index is 1.99. The van der Waals surface area contributed by atoms with Gasteiger partial charge in [0.25, 0.3) is 0 Å². The lowest BCUT2D eigenvalue weighted by atomic mass is 10.2. The Bertz CT molecular complexity index is 580. The van der Waals surface area contributed by atoms with Gasteiger partial charge in [0.1, 0.15) is 5.82 Å². The van der Waals surface area contributed by atoms with E-state index in [1.807, 2.05) is 22.4 Å². The Morgan fingerprint density at radius 2 is 2.22 bits per heavy atom. The van der Waals surface area contributed by atoms with Gasteiger partial charge >= 0.3 is 0 Å². The molecule has 1 aliphatic rings. The third-order valence-electron chi connectivity index (χ3n) is 2.94. The molecule has 3 nitrogen and oxygen atoms in total. The minimum atomic E-state index is -0.267. The summed E-state index contributed by atoms with van der Waals surface area (Å²) >= 11 is 1.66. The van der Waals surface area contributed by atoms with Gasteiger partial charge < -0.3 is 10.6 Å². The van der Waals surface area contributed by atoms with Gasteiger partial charge in [-0.2, -0.15) is 0 Å². The van der Waals surface area contributed by atoms with E-state index < -0.39 is 0 Å². The van der Waals surface area contributed by atoms with E-state index in [2.05, 4.69) is 11.1 Å². The third kappa shape index (κ3) is 1.86. The van der Waals surface area contributed by atoms with Crippen LogP contribution in [0.25, 0.3) is 0 Å². The molecule has 5 heteroatoms. The summed E-state index contributed by atoms with van der Waals surface area (Å²) < 4.78 is 13.3. The van der Waals surface area contributed by atoms with Gasteiger partial charge in [0.2, 0.25) is 0 Å². The number of thiophene rings is 1. The van der Waals surface area contributed by atoms with Crippen LogP contribution in [0, 0.1) is 5.82 Å². The predicted octanol–water partition coefficient (Wildman–Crippen LogP) is 2.76. The Morgan fingerprint density at radius 1 is 1.33 bits per heavy atom. The molecule has 2 heterocycles. The molecular formula is C13H12FN3S. The van der Waals surface area contributed by atoms with Gasteiger partial charge in [0, 0.05) is 10.6 Å². The standard InChI is InChI=1S/C13H12FN3S/c14-9-3-1-4-10(7-9)17-11(8-16-13(17)15)12-5-2-6-18-12/h1-7,11H,8H2,(H2,15,16). The highest BCUT2D eigenvalue weighted by molar-refractivity contribution is 7.10. The molecule has 1 aromatic heterocycles. The summed E-state index contributed by atoms with van der Waals surface area (Å²) in [6.45, 7) is 0.614. The normalized spacial score (nSPS) is 19.1. The van der Waals surface area contributed by atoms with Crippen molar-refractivity contribution in [3.05, 3.63) is 52.5 Å². The lowest BCUT2D eigenvalue weighted by molar-refractivity contribution is 0.627. The first-order valence-corrected chi connectivity index (χ1v) is 6.52. The fraction of sp³-hybridized carbons (Fsp3) is 0.154. The third-order valence-corrected chi connectivity index (χ3v) is 3.92. The van der Waals surface area contributed by atoms with Crippen LogP contribution in [0.3, 0.4) is 0 Å². The van der Waals surface area contributed by atoms with E-state index in [0.717, 1.165) is 5.69 Å². The number of hydrogen-bond acceptors (Lipinski definition) is 4. The largest absolute Gasteiger partial charge is 0.369 e. The highest BCUT2D eigenvalue weighted by Gasteiger charge is 2.29. The molecule has 0 saturated heterocycles. The Kier molecular flexibility index (Phi) is 2.76. The zero-order valence-electron chi connectivity index (χ0n) is 9.58. The first-order valence-electron chi connectivity index (χ1n) is 5.64. The molecule has 0 saturated carbocycles. The van der Waals surface area contributed by atoms with Crippen molar-refractivity contribution >= 4 is 23.0 Å². The topological polar surface area (TPSA) is 41.6 Å². The van der Waals surface area contributed by atoms with Gasteiger partial charge in [-0.05, 0) is 29.6 Å². The molecule has 1 atom stereocenters. The van der Waals surface area contributed by atoms with Gasteiger partial charge in [0.15, 0.2) is 5.96 Å². The number of hydrogen-bond donors (Lipinski definition) is 1. The minimum Gasteiger partial charge on any atom is -0.369 e. The van der Waals surface area contributed by atoms with Crippen LogP contribution in [-0.2, 0) is 0 Å². The molecule has 0 bridgehead atoms. The van der Waals surface area contributed by atoms with E-state index in [-0.39, 0.29) is 11.9 Å². The number of nitrogens with zero attached hydrogens (tertiary/aromatic N) is 2. The zero-order chi connectivity index (χ0) is 12.5. The van der Waals surface area contributed by atoms with Gasteiger partial charge in [-0.25, -0.2) is 4.39 Å². The lowest BCUT2D eigenvalue weighted by Gasteiger charge is -2.25. The number of halogens is 1. The van der Waals surface area contributed by atoms with Crippen LogP contribution in [0.5, 0.6) is 0 Å². The summed E-state index contributed by atoms with van der Waals surface area (Å²) in [6.07, 6.45) is 0. The van der Waals surface area contributed by atoms with Crippen molar-refractivity contribution in [2.75, 3.05) is 11.4 Å². The number of rotatable bonds is 2. The maximum atomic E-state index is 13.3. The second-order valence-electron chi connectivity index (χ2n) is 4.08. The molecule has 0 aliphatic carbocycles. The van der Waals surface area contributed by atoms with E-state index in [1.165, 1.54) is 17.0 Å². The maximum absolute atomic E-state index is 13.3. The summed E-state index contributed by atoms with van der Waals surface area (Å²) in [7, 11) is 0. The van der Waals surface area contributed by atoms with Gasteiger partial charge in [-0.3, -0.25) is 4.99 Å². The number of anilines is 1. The summed E-state index contributed by atoms with van der Waals surface area (Å²) in [6, 6.07) is 10.6. The molecule has 2 N–H and O–H groups in total. The van der Waals surface area contributed by atoms with E-state index in [4.69, 9.17) is 5.73 Å². The van der Waals surface area contributed by atoms with Crippen molar-refractivity contribution in [1.29, 1.82) is 0 Å². The lowest BCUT2D eigenvalue weighted by Crippen LogP contribution is -2.35. The second kappa shape index (κ2) is 4.42. The fourth-order valence-corrected chi connectivity index (χ4v) is 2.94. The van der Waals surface area contributed by atoms with Crippen molar-refractivity contribution < 1.29 is 4.39 Å². The molecule has 0 spiro atoms. The average Bonchev–Trinajstić information content (AvgIpc) is 2.97. The van der Waals surface area contributed by atoms with Gasteiger partial charge in [-0.15, -0.1) is 11.3 Å². The monoisotopic (exact) mass is 261 g/mol. The van der Waals surface area contributed by atoms with Crippen LogP contribution >= 0.6 is 11.3 Å². The molecule has 0 radical (unpaired) electrons. The van der Waals surface area contributed by atoms with Crippen molar-refractivity contribution in [2.24, 2.45) is 10.7 Å². The maximum Gasteiger partial charge on any atom is 0.196 e. The van der Waals surface area contributed by atoms with E-state index in [0.29, 0.717) is 12.5 Å². The summed E-state index contributed by atoms with van der Waals surface area (Å²) in [5, 5.41) is 2.02. The van der Waals surface area contributed by atoms with E-state index >= 15 is 0 Å². The van der Waals surface area contributed by atoms with Crippen LogP contribution in [0.1, 0.15) is 10.9 Å². The SMILES string of the molecule is NC1=NCC(c2cccs2)N1c1cccc(F)c1. The highest BCUT2D eigenvalue weighted by Crippen LogP contribution is 2.33. The highest BCUT2D eigenvalue weighted by atomic mass is 32.1. The van der Waals surface area contributed by atoms with Crippen LogP contribution in [0.2, 0.25) is 0 Å². The number of aliphatic imine (C=N–C) groups is 1. The molecule has 1 unspecified atom stereocenters. The van der Waals surface area contributed by atoms with Crippen LogP contribution in [0.4, 0.5) is 10.1 Å². The molecule has 0 fully saturated rings. The molecule has 0 amide bonds. The number of benzene rings is 1. The predicted molar refractivity (Wildman–Crippen MR) is 72.4 cm³/mol. The second-order valence-corrected chi connectivity index (χ2v) is 5.06. The Morgan fingerprint density at radius 3 is 2.94 bits per heavy atom. The van der Waals surface area contributed by atoms with Crippen LogP contribution < -0.4 is 10.6 Å². The fourth-order valence-electron chi connectivity index (χ4n) is 2.13. The Hall–Kier alpha value is -1.88. The molecule has 3 rings (SSSR count). The Labute approximate surface area is 108 Å². The average molecular weight is 261 g/mol. The summed E-state index contributed by atoms with van der Waals surface area (Å²) in [5.74, 6) is 0.177. The molecule has 1 aliphatic heterocycles. The van der Waals surface area contributed by atoms with Crippen molar-refractivity contribution in [1.82, 2.24) is 0 Å². The van der Waals surface area contributed by atoms with Crippen LogP contribution in [-0.4, -0.2) is 12.5 Å². The first-order chi connectivity index (χ1) is 8.75. The molecular weight excluding hydrogens is 249 g/mol. The molecule has 92 valence electrons.